The summed E-state index contributed by atoms with van der Waals surface area (Å²) in [6, 6.07) is 14.4. The Bertz CT molecular complexity index is 1020. The van der Waals surface area contributed by atoms with Crippen LogP contribution in [0.1, 0.15) is 5.82 Å². The molecule has 0 aliphatic carbocycles. The van der Waals surface area contributed by atoms with E-state index in [-0.39, 0.29) is 18.3 Å². The molecule has 0 saturated heterocycles. The topological polar surface area (TPSA) is 78.3 Å². The van der Waals surface area contributed by atoms with Crippen molar-refractivity contribution in [1.82, 2.24) is 14.8 Å². The van der Waals surface area contributed by atoms with Gasteiger partial charge in [-0.3, -0.25) is 9.36 Å². The van der Waals surface area contributed by atoms with Gasteiger partial charge in [0.2, 0.25) is 5.91 Å². The Labute approximate surface area is 184 Å². The molecule has 3 aromatic rings. The summed E-state index contributed by atoms with van der Waals surface area (Å²) in [7, 11) is 1.58. The number of halogens is 1. The number of para-hydroxylation sites is 1. The van der Waals surface area contributed by atoms with Crippen molar-refractivity contribution in [1.29, 1.82) is 0 Å². The number of rotatable bonds is 10. The summed E-state index contributed by atoms with van der Waals surface area (Å²) in [5.74, 6) is 1.88. The molecule has 0 atom stereocenters. The van der Waals surface area contributed by atoms with E-state index in [9.17, 15) is 4.79 Å². The first-order valence-corrected chi connectivity index (χ1v) is 10.4. The number of allylic oxidation sites excluding steroid dienone is 1. The number of benzene rings is 2. The summed E-state index contributed by atoms with van der Waals surface area (Å²) in [6.45, 7) is 4.47. The largest absolute Gasteiger partial charge is 0.497 e. The van der Waals surface area contributed by atoms with Crippen molar-refractivity contribution in [2.24, 2.45) is 0 Å². The minimum absolute atomic E-state index is 0.157. The molecule has 9 heteroatoms. The van der Waals surface area contributed by atoms with Crippen molar-refractivity contribution in [2.75, 3.05) is 18.2 Å². The number of aromatic nitrogens is 3. The van der Waals surface area contributed by atoms with Gasteiger partial charge in [-0.1, -0.05) is 47.6 Å². The van der Waals surface area contributed by atoms with Crippen LogP contribution in [0.2, 0.25) is 5.02 Å². The molecule has 1 amide bonds. The highest BCUT2D eigenvalue weighted by molar-refractivity contribution is 7.99. The quantitative estimate of drug-likeness (QED) is 0.368. The van der Waals surface area contributed by atoms with Crippen molar-refractivity contribution in [2.45, 2.75) is 18.3 Å². The van der Waals surface area contributed by atoms with Crippen LogP contribution in [-0.2, 0) is 17.9 Å². The molecule has 1 N–H and O–H groups in total. The number of hydrogen-bond acceptors (Lipinski definition) is 6. The molecule has 1 heterocycles. The first-order chi connectivity index (χ1) is 14.6. The molecule has 0 fully saturated rings. The van der Waals surface area contributed by atoms with Gasteiger partial charge in [0.1, 0.15) is 18.1 Å². The smallest absolute Gasteiger partial charge is 0.234 e. The Kier molecular flexibility index (Phi) is 7.75. The summed E-state index contributed by atoms with van der Waals surface area (Å²) >= 11 is 7.41. The number of hydrogen-bond donors (Lipinski definition) is 1. The average molecular weight is 445 g/mol. The second kappa shape index (κ2) is 10.7. The van der Waals surface area contributed by atoms with Crippen LogP contribution >= 0.6 is 23.4 Å². The monoisotopic (exact) mass is 444 g/mol. The van der Waals surface area contributed by atoms with Crippen LogP contribution in [0.3, 0.4) is 0 Å². The number of amides is 1. The van der Waals surface area contributed by atoms with E-state index in [1.807, 2.05) is 28.8 Å². The predicted octanol–water partition coefficient (Wildman–Crippen LogP) is 4.44. The van der Waals surface area contributed by atoms with Gasteiger partial charge in [0, 0.05) is 18.3 Å². The van der Waals surface area contributed by atoms with Crippen LogP contribution in [0.4, 0.5) is 5.69 Å². The maximum Gasteiger partial charge on any atom is 0.234 e. The van der Waals surface area contributed by atoms with Crippen LogP contribution in [0.25, 0.3) is 0 Å². The molecule has 7 nitrogen and oxygen atoms in total. The third kappa shape index (κ3) is 5.77. The van der Waals surface area contributed by atoms with E-state index in [0.717, 1.165) is 0 Å². The summed E-state index contributed by atoms with van der Waals surface area (Å²) in [5, 5.41) is 12.4. The second-order valence-corrected chi connectivity index (χ2v) is 7.44. The Morgan fingerprint density at radius 1 is 1.27 bits per heavy atom. The number of nitrogens with one attached hydrogen (secondary N) is 1. The van der Waals surface area contributed by atoms with Crippen LogP contribution in [-0.4, -0.2) is 33.5 Å². The van der Waals surface area contributed by atoms with E-state index >= 15 is 0 Å². The number of carbonyl (C=O) groups excluding carboxylic acids is 1. The third-order valence-corrected chi connectivity index (χ3v) is 5.26. The second-order valence-electron chi connectivity index (χ2n) is 6.09. The highest BCUT2D eigenvalue weighted by atomic mass is 35.5. The zero-order valence-corrected chi connectivity index (χ0v) is 17.9. The van der Waals surface area contributed by atoms with Gasteiger partial charge in [-0.15, -0.1) is 16.8 Å². The first-order valence-electron chi connectivity index (χ1n) is 9.07. The van der Waals surface area contributed by atoms with Crippen molar-refractivity contribution in [3.63, 3.8) is 0 Å². The summed E-state index contributed by atoms with van der Waals surface area (Å²) in [4.78, 5) is 12.3. The molecule has 0 unspecified atom stereocenters. The fourth-order valence-electron chi connectivity index (χ4n) is 2.58. The number of nitrogens with zero attached hydrogens (tertiary/aromatic N) is 3. The maximum atomic E-state index is 12.3. The van der Waals surface area contributed by atoms with Gasteiger partial charge >= 0.3 is 0 Å². The molecule has 0 bridgehead atoms. The Morgan fingerprint density at radius 2 is 2.10 bits per heavy atom. The predicted molar refractivity (Wildman–Crippen MR) is 118 cm³/mol. The van der Waals surface area contributed by atoms with Gasteiger partial charge in [-0.25, -0.2) is 0 Å². The molecule has 0 aliphatic rings. The molecule has 0 saturated carbocycles. The molecule has 156 valence electrons. The zero-order valence-electron chi connectivity index (χ0n) is 16.4. The molecule has 30 heavy (non-hydrogen) atoms. The van der Waals surface area contributed by atoms with E-state index in [1.165, 1.54) is 11.8 Å². The number of carbonyl (C=O) groups is 1. The molecule has 2 aromatic carbocycles. The summed E-state index contributed by atoms with van der Waals surface area (Å²) < 4.78 is 12.8. The molecule has 1 aromatic heterocycles. The van der Waals surface area contributed by atoms with Crippen molar-refractivity contribution < 1.29 is 14.3 Å². The molecule has 0 radical (unpaired) electrons. The zero-order chi connectivity index (χ0) is 21.3. The van der Waals surface area contributed by atoms with Crippen LogP contribution in [0.5, 0.6) is 11.5 Å². The number of anilines is 1. The molecule has 3 rings (SSSR count). The number of methoxy groups -OCH3 is 1. The van der Waals surface area contributed by atoms with E-state index < -0.39 is 0 Å². The van der Waals surface area contributed by atoms with E-state index in [4.69, 9.17) is 21.1 Å². The molecule has 0 aliphatic heterocycles. The van der Waals surface area contributed by atoms with E-state index in [0.29, 0.717) is 39.7 Å². The lowest BCUT2D eigenvalue weighted by molar-refractivity contribution is -0.113. The fourth-order valence-corrected chi connectivity index (χ4v) is 3.53. The Balaban J connectivity index is 1.62. The standard InChI is InChI=1S/C21H21ClN4O3S/c1-3-11-26-19(13-29-18-10-5-4-9-17(18)22)24-25-21(26)30-14-20(27)23-15-7-6-8-16(12-15)28-2/h3-10,12H,1,11,13-14H2,2H3,(H,23,27). The highest BCUT2D eigenvalue weighted by Gasteiger charge is 2.15. The van der Waals surface area contributed by atoms with Gasteiger partial charge in [0.05, 0.1) is 17.9 Å². The lowest BCUT2D eigenvalue weighted by atomic mass is 10.3. The molecular formula is C21H21ClN4O3S. The van der Waals surface area contributed by atoms with Crippen molar-refractivity contribution in [3.8, 4) is 11.5 Å². The van der Waals surface area contributed by atoms with Crippen LogP contribution in [0.15, 0.2) is 66.3 Å². The summed E-state index contributed by atoms with van der Waals surface area (Å²) in [6.07, 6.45) is 1.74. The lowest BCUT2D eigenvalue weighted by Crippen LogP contribution is -2.15. The SMILES string of the molecule is C=CCn1c(COc2ccccc2Cl)nnc1SCC(=O)Nc1cccc(OC)c1. The maximum absolute atomic E-state index is 12.3. The van der Waals surface area contributed by atoms with E-state index in [1.54, 1.807) is 37.5 Å². The van der Waals surface area contributed by atoms with Gasteiger partial charge in [-0.2, -0.15) is 0 Å². The minimum atomic E-state index is -0.157. The highest BCUT2D eigenvalue weighted by Crippen LogP contribution is 2.25. The summed E-state index contributed by atoms with van der Waals surface area (Å²) in [5.41, 5.74) is 0.668. The van der Waals surface area contributed by atoms with Crippen molar-refractivity contribution >= 4 is 35.0 Å². The lowest BCUT2D eigenvalue weighted by Gasteiger charge is -2.10. The van der Waals surface area contributed by atoms with E-state index in [2.05, 4.69) is 22.1 Å². The van der Waals surface area contributed by atoms with Gasteiger partial charge in [0.15, 0.2) is 11.0 Å². The minimum Gasteiger partial charge on any atom is -0.497 e. The van der Waals surface area contributed by atoms with Crippen LogP contribution < -0.4 is 14.8 Å². The Morgan fingerprint density at radius 3 is 2.87 bits per heavy atom. The fraction of sp³-hybridized carbons (Fsp3) is 0.190. The third-order valence-electron chi connectivity index (χ3n) is 3.98. The van der Waals surface area contributed by atoms with Gasteiger partial charge in [-0.05, 0) is 24.3 Å². The average Bonchev–Trinajstić information content (AvgIpc) is 3.13. The molecule has 0 spiro atoms. The van der Waals surface area contributed by atoms with Crippen LogP contribution in [0, 0.1) is 0 Å². The normalized spacial score (nSPS) is 10.5. The Hall–Kier alpha value is -2.97. The van der Waals surface area contributed by atoms with Gasteiger partial charge in [0.25, 0.3) is 0 Å². The number of ether oxygens (including phenoxy) is 2. The first kappa shape index (κ1) is 21.7. The number of thioether (sulfide) groups is 1. The molecular weight excluding hydrogens is 424 g/mol. The van der Waals surface area contributed by atoms with Crippen molar-refractivity contribution in [3.05, 3.63) is 72.0 Å². The van der Waals surface area contributed by atoms with Gasteiger partial charge < -0.3 is 14.8 Å².